The Hall–Kier alpha value is -2.40. The Labute approximate surface area is 117 Å². The summed E-state index contributed by atoms with van der Waals surface area (Å²) >= 11 is 0. The van der Waals surface area contributed by atoms with Gasteiger partial charge in [0.15, 0.2) is 0 Å². The van der Waals surface area contributed by atoms with Crippen molar-refractivity contribution in [3.63, 3.8) is 0 Å². The zero-order valence-electron chi connectivity index (χ0n) is 11.5. The molecule has 0 saturated heterocycles. The second-order valence-electron chi connectivity index (χ2n) is 4.58. The summed E-state index contributed by atoms with van der Waals surface area (Å²) in [6, 6.07) is 9.09. The highest BCUT2D eigenvalue weighted by Crippen LogP contribution is 2.26. The molecule has 1 aromatic carbocycles. The lowest BCUT2D eigenvalue weighted by molar-refractivity contribution is 0.0997. The van der Waals surface area contributed by atoms with Crippen LogP contribution in [0.5, 0.6) is 11.6 Å². The first-order chi connectivity index (χ1) is 9.51. The number of nitrogens with zero attached hydrogens (tertiary/aromatic N) is 1. The number of nitrogens with two attached hydrogens (primary N) is 2. The predicted molar refractivity (Wildman–Crippen MR) is 76.6 cm³/mol. The van der Waals surface area contributed by atoms with E-state index in [1.165, 1.54) is 0 Å². The minimum Gasteiger partial charge on any atom is -0.438 e. The fourth-order valence-corrected chi connectivity index (χ4v) is 1.98. The Morgan fingerprint density at radius 2 is 1.90 bits per heavy atom. The van der Waals surface area contributed by atoms with Gasteiger partial charge in [0, 0.05) is 12.2 Å². The SMILES string of the molecule is Cc1cc(C)c(C(N)=O)c(Oc2ccc(CN)cc2)n1. The van der Waals surface area contributed by atoms with Crippen molar-refractivity contribution in [2.24, 2.45) is 11.5 Å². The molecule has 0 radical (unpaired) electrons. The third-order valence-corrected chi connectivity index (χ3v) is 2.93. The van der Waals surface area contributed by atoms with Crippen molar-refractivity contribution in [3.8, 4) is 11.6 Å². The summed E-state index contributed by atoms with van der Waals surface area (Å²) in [5.74, 6) is 0.265. The summed E-state index contributed by atoms with van der Waals surface area (Å²) < 4.78 is 5.68. The largest absolute Gasteiger partial charge is 0.438 e. The quantitative estimate of drug-likeness (QED) is 0.890. The van der Waals surface area contributed by atoms with E-state index in [0.717, 1.165) is 16.8 Å². The summed E-state index contributed by atoms with van der Waals surface area (Å²) in [6.07, 6.45) is 0. The van der Waals surface area contributed by atoms with E-state index in [0.29, 0.717) is 17.9 Å². The van der Waals surface area contributed by atoms with E-state index >= 15 is 0 Å². The first kappa shape index (κ1) is 14.0. The van der Waals surface area contributed by atoms with Gasteiger partial charge < -0.3 is 16.2 Å². The van der Waals surface area contributed by atoms with Crippen LogP contribution in [0.25, 0.3) is 0 Å². The number of amides is 1. The van der Waals surface area contributed by atoms with Gasteiger partial charge in [-0.1, -0.05) is 12.1 Å². The molecule has 20 heavy (non-hydrogen) atoms. The third kappa shape index (κ3) is 2.95. The summed E-state index contributed by atoms with van der Waals surface area (Å²) in [6.45, 7) is 4.11. The molecule has 5 nitrogen and oxygen atoms in total. The van der Waals surface area contributed by atoms with Gasteiger partial charge in [-0.25, -0.2) is 4.98 Å². The van der Waals surface area contributed by atoms with Crippen LogP contribution in [-0.4, -0.2) is 10.9 Å². The van der Waals surface area contributed by atoms with Crippen molar-refractivity contribution in [2.75, 3.05) is 0 Å². The van der Waals surface area contributed by atoms with Gasteiger partial charge >= 0.3 is 0 Å². The van der Waals surface area contributed by atoms with Crippen molar-refractivity contribution in [1.29, 1.82) is 0 Å². The van der Waals surface area contributed by atoms with Gasteiger partial charge in [0.1, 0.15) is 11.3 Å². The monoisotopic (exact) mass is 271 g/mol. The number of rotatable bonds is 4. The van der Waals surface area contributed by atoms with Gasteiger partial charge in [0.05, 0.1) is 0 Å². The summed E-state index contributed by atoms with van der Waals surface area (Å²) in [4.78, 5) is 15.8. The van der Waals surface area contributed by atoms with Crippen molar-refractivity contribution in [3.05, 3.63) is 52.7 Å². The fourth-order valence-electron chi connectivity index (χ4n) is 1.98. The van der Waals surface area contributed by atoms with Crippen LogP contribution in [0.1, 0.15) is 27.2 Å². The van der Waals surface area contributed by atoms with E-state index in [1.54, 1.807) is 25.1 Å². The third-order valence-electron chi connectivity index (χ3n) is 2.93. The number of hydrogen-bond donors (Lipinski definition) is 2. The Bertz CT molecular complexity index is 636. The van der Waals surface area contributed by atoms with Crippen LogP contribution in [0.15, 0.2) is 30.3 Å². The molecule has 0 aliphatic rings. The molecule has 104 valence electrons. The summed E-state index contributed by atoms with van der Waals surface area (Å²) in [7, 11) is 0. The average Bonchev–Trinajstić information content (AvgIpc) is 2.38. The Balaban J connectivity index is 2.39. The van der Waals surface area contributed by atoms with Crippen molar-refractivity contribution in [1.82, 2.24) is 4.98 Å². The van der Waals surface area contributed by atoms with Gasteiger partial charge in [-0.05, 0) is 43.2 Å². The maximum Gasteiger partial charge on any atom is 0.254 e. The highest BCUT2D eigenvalue weighted by Gasteiger charge is 2.16. The molecule has 5 heteroatoms. The highest BCUT2D eigenvalue weighted by molar-refractivity contribution is 5.96. The number of pyridine rings is 1. The predicted octanol–water partition coefficient (Wildman–Crippen LogP) is 2.05. The standard InChI is InChI=1S/C15H17N3O2/c1-9-7-10(2)18-15(13(9)14(17)19)20-12-5-3-11(8-16)4-6-12/h3-7H,8,16H2,1-2H3,(H2,17,19). The Kier molecular flexibility index (Phi) is 4.00. The van der Waals surface area contributed by atoms with E-state index in [2.05, 4.69) is 4.98 Å². The van der Waals surface area contributed by atoms with Gasteiger partial charge in [-0.2, -0.15) is 0 Å². The van der Waals surface area contributed by atoms with Gasteiger partial charge in [0.2, 0.25) is 5.88 Å². The van der Waals surface area contributed by atoms with E-state index in [9.17, 15) is 4.79 Å². The molecule has 0 aliphatic carbocycles. The molecular weight excluding hydrogens is 254 g/mol. The average molecular weight is 271 g/mol. The van der Waals surface area contributed by atoms with E-state index < -0.39 is 5.91 Å². The van der Waals surface area contributed by atoms with Gasteiger partial charge in [0.25, 0.3) is 5.91 Å². The highest BCUT2D eigenvalue weighted by atomic mass is 16.5. The number of aromatic nitrogens is 1. The first-order valence-electron chi connectivity index (χ1n) is 6.26. The van der Waals surface area contributed by atoms with Crippen LogP contribution < -0.4 is 16.2 Å². The number of aryl methyl sites for hydroxylation is 2. The van der Waals surface area contributed by atoms with Gasteiger partial charge in [-0.3, -0.25) is 4.79 Å². The molecule has 2 aromatic rings. The number of carbonyl (C=O) groups is 1. The lowest BCUT2D eigenvalue weighted by Gasteiger charge is -2.11. The van der Waals surface area contributed by atoms with E-state index in [-0.39, 0.29) is 5.88 Å². The van der Waals surface area contributed by atoms with Crippen molar-refractivity contribution in [2.45, 2.75) is 20.4 Å². The lowest BCUT2D eigenvalue weighted by Crippen LogP contribution is -2.15. The second kappa shape index (κ2) is 5.71. The van der Waals surface area contributed by atoms with E-state index in [1.807, 2.05) is 19.1 Å². The molecule has 1 amide bonds. The van der Waals surface area contributed by atoms with Crippen LogP contribution in [-0.2, 0) is 6.54 Å². The molecule has 0 saturated carbocycles. The normalized spacial score (nSPS) is 10.3. The molecule has 1 heterocycles. The minimum absolute atomic E-state index is 0.232. The molecule has 0 fully saturated rings. The van der Waals surface area contributed by atoms with Crippen LogP contribution in [0.3, 0.4) is 0 Å². The molecule has 0 spiro atoms. The molecule has 4 N–H and O–H groups in total. The Morgan fingerprint density at radius 1 is 1.25 bits per heavy atom. The maximum absolute atomic E-state index is 11.5. The second-order valence-corrected chi connectivity index (χ2v) is 4.58. The number of benzene rings is 1. The van der Waals surface area contributed by atoms with Crippen molar-refractivity contribution < 1.29 is 9.53 Å². The first-order valence-corrected chi connectivity index (χ1v) is 6.26. The topological polar surface area (TPSA) is 91.2 Å². The molecule has 2 rings (SSSR count). The molecule has 0 unspecified atom stereocenters. The number of ether oxygens (including phenoxy) is 1. The molecule has 1 aromatic heterocycles. The molecular formula is C15H17N3O2. The van der Waals surface area contributed by atoms with Crippen molar-refractivity contribution >= 4 is 5.91 Å². The number of primary amides is 1. The molecule has 0 aliphatic heterocycles. The lowest BCUT2D eigenvalue weighted by atomic mass is 10.1. The minimum atomic E-state index is -0.552. The Morgan fingerprint density at radius 3 is 2.45 bits per heavy atom. The van der Waals surface area contributed by atoms with Gasteiger partial charge in [-0.15, -0.1) is 0 Å². The number of hydrogen-bond acceptors (Lipinski definition) is 4. The number of carbonyl (C=O) groups excluding carboxylic acids is 1. The molecule has 0 atom stereocenters. The van der Waals surface area contributed by atoms with E-state index in [4.69, 9.17) is 16.2 Å². The smallest absolute Gasteiger partial charge is 0.254 e. The zero-order valence-corrected chi connectivity index (χ0v) is 11.5. The van der Waals surface area contributed by atoms with Crippen LogP contribution in [0.2, 0.25) is 0 Å². The maximum atomic E-state index is 11.5. The zero-order chi connectivity index (χ0) is 14.7. The summed E-state index contributed by atoms with van der Waals surface area (Å²) in [5.41, 5.74) is 13.7. The van der Waals surface area contributed by atoms with Crippen LogP contribution >= 0.6 is 0 Å². The molecule has 0 bridgehead atoms. The fraction of sp³-hybridized carbons (Fsp3) is 0.200. The van der Waals surface area contributed by atoms with Crippen LogP contribution in [0.4, 0.5) is 0 Å². The van der Waals surface area contributed by atoms with Crippen LogP contribution in [0, 0.1) is 13.8 Å². The summed E-state index contributed by atoms with van der Waals surface area (Å²) in [5, 5.41) is 0.